The zero-order chi connectivity index (χ0) is 14.5. The van der Waals surface area contributed by atoms with Crippen LogP contribution in [0.3, 0.4) is 0 Å². The highest BCUT2D eigenvalue weighted by atomic mass is 19.1. The van der Waals surface area contributed by atoms with E-state index in [1.807, 2.05) is 0 Å². The molecule has 1 N–H and O–H groups in total. The first-order valence-electron chi connectivity index (χ1n) is 6.69. The Bertz CT molecular complexity index is 518. The van der Waals surface area contributed by atoms with Gasteiger partial charge in [0.25, 0.3) is 5.91 Å². The molecule has 1 amide bonds. The van der Waals surface area contributed by atoms with Gasteiger partial charge in [-0.3, -0.25) is 14.4 Å². The van der Waals surface area contributed by atoms with E-state index < -0.39 is 29.7 Å². The molecule has 0 bridgehead atoms. The van der Waals surface area contributed by atoms with Crippen LogP contribution in [0.4, 0.5) is 4.39 Å². The summed E-state index contributed by atoms with van der Waals surface area (Å²) in [5.41, 5.74) is 0.230. The molecule has 0 unspecified atom stereocenters. The molecular weight excluding hydrogens is 261 g/mol. The summed E-state index contributed by atoms with van der Waals surface area (Å²) in [6.45, 7) is 0. The second-order valence-electron chi connectivity index (χ2n) is 4.98. The number of Topliss-reactive ketones (excluding diaryl/α,β-unsaturated/α-hetero) is 2. The third-order valence-corrected chi connectivity index (χ3v) is 3.43. The molecule has 5 heteroatoms. The van der Waals surface area contributed by atoms with Crippen molar-refractivity contribution in [1.82, 2.24) is 5.32 Å². The van der Waals surface area contributed by atoms with Crippen molar-refractivity contribution in [3.8, 4) is 0 Å². The molecule has 1 aliphatic rings. The lowest BCUT2D eigenvalue weighted by Crippen LogP contribution is -2.38. The summed E-state index contributed by atoms with van der Waals surface area (Å²) < 4.78 is 12.7. The first kappa shape index (κ1) is 14.4. The van der Waals surface area contributed by atoms with Gasteiger partial charge < -0.3 is 5.32 Å². The normalized spacial score (nSPS) is 15.1. The van der Waals surface area contributed by atoms with Crippen molar-refractivity contribution >= 4 is 17.5 Å². The highest BCUT2D eigenvalue weighted by Crippen LogP contribution is 2.17. The van der Waals surface area contributed by atoms with E-state index in [0.29, 0.717) is 0 Å². The zero-order valence-electron chi connectivity index (χ0n) is 11.0. The van der Waals surface area contributed by atoms with E-state index in [2.05, 4.69) is 5.32 Å². The van der Waals surface area contributed by atoms with Gasteiger partial charge in [-0.1, -0.05) is 12.8 Å². The molecule has 0 atom stereocenters. The topological polar surface area (TPSA) is 63.2 Å². The van der Waals surface area contributed by atoms with Gasteiger partial charge in [0, 0.05) is 11.6 Å². The number of ketones is 2. The Morgan fingerprint density at radius 1 is 1.10 bits per heavy atom. The van der Waals surface area contributed by atoms with Crippen LogP contribution in [-0.4, -0.2) is 23.5 Å². The van der Waals surface area contributed by atoms with Gasteiger partial charge in [-0.2, -0.15) is 0 Å². The molecule has 106 valence electrons. The quantitative estimate of drug-likeness (QED) is 0.509. The second-order valence-corrected chi connectivity index (χ2v) is 4.98. The molecule has 20 heavy (non-hydrogen) atoms. The van der Waals surface area contributed by atoms with Crippen molar-refractivity contribution in [2.45, 2.75) is 38.1 Å². The molecule has 1 aromatic rings. The number of hydrogen-bond donors (Lipinski definition) is 1. The van der Waals surface area contributed by atoms with Crippen LogP contribution < -0.4 is 5.32 Å². The first-order chi connectivity index (χ1) is 9.56. The minimum atomic E-state index is -0.744. The maximum absolute atomic E-state index is 12.7. The summed E-state index contributed by atoms with van der Waals surface area (Å²) in [6, 6.07) is 4.96. The van der Waals surface area contributed by atoms with Crippen LogP contribution >= 0.6 is 0 Å². The van der Waals surface area contributed by atoms with Crippen LogP contribution in [0.1, 0.15) is 42.5 Å². The Morgan fingerprint density at radius 2 is 1.70 bits per heavy atom. The number of nitrogens with one attached hydrogen (secondary N) is 1. The molecule has 0 radical (unpaired) electrons. The smallest absolute Gasteiger partial charge is 0.288 e. The maximum Gasteiger partial charge on any atom is 0.288 e. The van der Waals surface area contributed by atoms with Crippen LogP contribution in [0.15, 0.2) is 24.3 Å². The molecule has 1 saturated carbocycles. The summed E-state index contributed by atoms with van der Waals surface area (Å²) >= 11 is 0. The number of carbonyl (C=O) groups is 3. The molecule has 1 fully saturated rings. The summed E-state index contributed by atoms with van der Waals surface area (Å²) in [6.07, 6.45) is 3.38. The molecule has 1 aromatic carbocycles. The molecule has 0 aliphatic heterocycles. The molecular formula is C15H16FNO3. The number of hydrogen-bond acceptors (Lipinski definition) is 3. The van der Waals surface area contributed by atoms with E-state index >= 15 is 0 Å². The van der Waals surface area contributed by atoms with Crippen molar-refractivity contribution in [2.24, 2.45) is 0 Å². The Labute approximate surface area is 116 Å². The van der Waals surface area contributed by atoms with Gasteiger partial charge in [0.1, 0.15) is 5.82 Å². The third-order valence-electron chi connectivity index (χ3n) is 3.43. The Hall–Kier alpha value is -2.04. The van der Waals surface area contributed by atoms with Crippen LogP contribution in [0.2, 0.25) is 0 Å². The largest absolute Gasteiger partial charge is 0.347 e. The minimum absolute atomic E-state index is 0.0485. The fraction of sp³-hybridized carbons (Fsp3) is 0.400. The van der Waals surface area contributed by atoms with Crippen molar-refractivity contribution < 1.29 is 18.8 Å². The highest BCUT2D eigenvalue weighted by molar-refractivity contribution is 6.40. The van der Waals surface area contributed by atoms with Crippen LogP contribution in [-0.2, 0) is 9.59 Å². The van der Waals surface area contributed by atoms with Crippen molar-refractivity contribution in [3.63, 3.8) is 0 Å². The van der Waals surface area contributed by atoms with E-state index in [1.165, 1.54) is 12.1 Å². The van der Waals surface area contributed by atoms with Crippen LogP contribution in [0.25, 0.3) is 0 Å². The molecule has 0 saturated heterocycles. The summed E-state index contributed by atoms with van der Waals surface area (Å²) in [5, 5.41) is 2.64. The van der Waals surface area contributed by atoms with E-state index in [1.54, 1.807) is 0 Å². The van der Waals surface area contributed by atoms with E-state index in [0.717, 1.165) is 37.8 Å². The molecule has 1 aliphatic carbocycles. The Morgan fingerprint density at radius 3 is 2.30 bits per heavy atom. The van der Waals surface area contributed by atoms with Crippen LogP contribution in [0, 0.1) is 5.82 Å². The molecule has 4 nitrogen and oxygen atoms in total. The number of benzene rings is 1. The molecule has 0 spiro atoms. The van der Waals surface area contributed by atoms with E-state index in [-0.39, 0.29) is 11.6 Å². The lowest BCUT2D eigenvalue weighted by molar-refractivity contribution is -0.137. The second kappa shape index (κ2) is 6.41. The van der Waals surface area contributed by atoms with Gasteiger partial charge in [-0.05, 0) is 37.1 Å². The standard InChI is InChI=1S/C15H16FNO3/c16-11-7-5-10(6-8-11)13(18)9-14(19)15(20)17-12-3-1-2-4-12/h5-8,12H,1-4,9H2,(H,17,20). The zero-order valence-corrected chi connectivity index (χ0v) is 11.0. The van der Waals surface area contributed by atoms with Crippen LogP contribution in [0.5, 0.6) is 0 Å². The predicted molar refractivity (Wildman–Crippen MR) is 70.8 cm³/mol. The van der Waals surface area contributed by atoms with Crippen molar-refractivity contribution in [1.29, 1.82) is 0 Å². The number of carbonyl (C=O) groups excluding carboxylic acids is 3. The highest BCUT2D eigenvalue weighted by Gasteiger charge is 2.23. The number of amides is 1. The Balaban J connectivity index is 1.88. The molecule has 0 heterocycles. The molecule has 0 aromatic heterocycles. The maximum atomic E-state index is 12.7. The molecule has 2 rings (SSSR count). The Kier molecular flexibility index (Phi) is 4.61. The van der Waals surface area contributed by atoms with Gasteiger partial charge >= 0.3 is 0 Å². The van der Waals surface area contributed by atoms with Gasteiger partial charge in [0.2, 0.25) is 5.78 Å². The lowest BCUT2D eigenvalue weighted by atomic mass is 10.1. The number of rotatable bonds is 5. The number of halogens is 1. The summed E-state index contributed by atoms with van der Waals surface area (Å²) in [4.78, 5) is 35.1. The van der Waals surface area contributed by atoms with E-state index in [4.69, 9.17) is 0 Å². The van der Waals surface area contributed by atoms with Gasteiger partial charge in [0.15, 0.2) is 5.78 Å². The van der Waals surface area contributed by atoms with E-state index in [9.17, 15) is 18.8 Å². The van der Waals surface area contributed by atoms with Crippen molar-refractivity contribution in [3.05, 3.63) is 35.6 Å². The average Bonchev–Trinajstić information content (AvgIpc) is 2.92. The average molecular weight is 277 g/mol. The summed E-state index contributed by atoms with van der Waals surface area (Å²) in [5.74, 6) is -2.37. The third kappa shape index (κ3) is 3.73. The van der Waals surface area contributed by atoms with Gasteiger partial charge in [0.05, 0.1) is 6.42 Å². The SMILES string of the molecule is O=C(CC(=O)c1ccc(F)cc1)C(=O)NC1CCCC1. The van der Waals surface area contributed by atoms with Gasteiger partial charge in [-0.15, -0.1) is 0 Å². The fourth-order valence-electron chi connectivity index (χ4n) is 2.30. The monoisotopic (exact) mass is 277 g/mol. The fourth-order valence-corrected chi connectivity index (χ4v) is 2.30. The first-order valence-corrected chi connectivity index (χ1v) is 6.69. The summed E-state index contributed by atoms with van der Waals surface area (Å²) in [7, 11) is 0. The van der Waals surface area contributed by atoms with Gasteiger partial charge in [-0.25, -0.2) is 4.39 Å². The minimum Gasteiger partial charge on any atom is -0.347 e. The predicted octanol–water partition coefficient (Wildman–Crippen LogP) is 2.03. The lowest BCUT2D eigenvalue weighted by Gasteiger charge is -2.10. The van der Waals surface area contributed by atoms with Crippen molar-refractivity contribution in [2.75, 3.05) is 0 Å².